The number of benzene rings is 1. The second kappa shape index (κ2) is 9.47. The number of carbonyl (C=O) groups is 1. The number of aromatic nitrogens is 5. The third-order valence-corrected chi connectivity index (χ3v) is 6.26. The maximum Gasteiger partial charge on any atom is 0.307 e. The Morgan fingerprint density at radius 1 is 1.20 bits per heavy atom. The van der Waals surface area contributed by atoms with Crippen molar-refractivity contribution in [2.75, 3.05) is 38.3 Å². The number of fused-ring (bicyclic) bond motifs is 1. The van der Waals surface area contributed by atoms with E-state index in [9.17, 15) is 4.79 Å². The minimum atomic E-state index is -0.611. The van der Waals surface area contributed by atoms with Crippen LogP contribution >= 0.6 is 0 Å². The number of nitrogens with zero attached hydrogens (tertiary/aromatic N) is 6. The highest BCUT2D eigenvalue weighted by molar-refractivity contribution is 5.88. The number of carbonyl (C=O) groups excluding carboxylic acids is 1. The van der Waals surface area contributed by atoms with Gasteiger partial charge in [-0.3, -0.25) is 4.79 Å². The van der Waals surface area contributed by atoms with Crippen LogP contribution in [0.3, 0.4) is 0 Å². The van der Waals surface area contributed by atoms with E-state index in [0.717, 1.165) is 35.6 Å². The molecule has 3 aromatic heterocycles. The number of hydrogen-bond donors (Lipinski definition) is 1. The lowest BCUT2D eigenvalue weighted by Crippen LogP contribution is -2.36. The average Bonchev–Trinajstić information content (AvgIpc) is 3.49. The van der Waals surface area contributed by atoms with Crippen molar-refractivity contribution in [3.05, 3.63) is 54.0 Å². The molecule has 1 atom stereocenters. The van der Waals surface area contributed by atoms with Gasteiger partial charge < -0.3 is 24.7 Å². The van der Waals surface area contributed by atoms with Crippen LogP contribution in [0.1, 0.15) is 23.9 Å². The zero-order chi connectivity index (χ0) is 24.5. The van der Waals surface area contributed by atoms with Crippen LogP contribution in [0, 0.1) is 6.92 Å². The molecule has 35 heavy (non-hydrogen) atoms. The fourth-order valence-electron chi connectivity index (χ4n) is 4.40. The summed E-state index contributed by atoms with van der Waals surface area (Å²) in [6, 6.07) is 11.6. The first-order valence-corrected chi connectivity index (χ1v) is 11.6. The van der Waals surface area contributed by atoms with Gasteiger partial charge in [-0.25, -0.2) is 14.6 Å². The Morgan fingerprint density at radius 3 is 2.74 bits per heavy atom. The molecule has 0 spiro atoms. The van der Waals surface area contributed by atoms with Gasteiger partial charge in [0.2, 0.25) is 0 Å². The van der Waals surface area contributed by atoms with E-state index in [1.807, 2.05) is 42.1 Å². The third-order valence-electron chi connectivity index (χ3n) is 6.26. The number of hydrogen-bond acceptors (Lipinski definition) is 8. The zero-order valence-electron chi connectivity index (χ0n) is 20.1. The van der Waals surface area contributed by atoms with Crippen molar-refractivity contribution in [1.29, 1.82) is 0 Å². The smallest absolute Gasteiger partial charge is 0.307 e. The molecule has 5 rings (SSSR count). The normalized spacial score (nSPS) is 14.9. The van der Waals surface area contributed by atoms with E-state index in [2.05, 4.69) is 24.0 Å². The Morgan fingerprint density at radius 2 is 2.00 bits per heavy atom. The molecule has 0 unspecified atom stereocenters. The van der Waals surface area contributed by atoms with Crippen molar-refractivity contribution in [2.45, 2.75) is 19.4 Å². The fourth-order valence-corrected chi connectivity index (χ4v) is 4.40. The summed E-state index contributed by atoms with van der Waals surface area (Å²) in [6.07, 6.45) is 1.95. The first-order chi connectivity index (χ1) is 16.9. The topological polar surface area (TPSA) is 113 Å². The first kappa shape index (κ1) is 23.0. The summed E-state index contributed by atoms with van der Waals surface area (Å²) in [4.78, 5) is 23.8. The van der Waals surface area contributed by atoms with Crippen molar-refractivity contribution >= 4 is 22.8 Å². The van der Waals surface area contributed by atoms with Gasteiger partial charge in [0.25, 0.3) is 0 Å². The second-order valence-electron chi connectivity index (χ2n) is 8.70. The van der Waals surface area contributed by atoms with Gasteiger partial charge in [0, 0.05) is 38.0 Å². The number of ether oxygens (including phenoxy) is 2. The van der Waals surface area contributed by atoms with Crippen molar-refractivity contribution in [1.82, 2.24) is 24.3 Å². The van der Waals surface area contributed by atoms with Crippen LogP contribution in [-0.4, -0.2) is 63.7 Å². The van der Waals surface area contributed by atoms with E-state index in [-0.39, 0.29) is 12.4 Å². The van der Waals surface area contributed by atoms with Gasteiger partial charge in [-0.2, -0.15) is 5.10 Å². The zero-order valence-corrected chi connectivity index (χ0v) is 20.1. The van der Waals surface area contributed by atoms with Crippen LogP contribution < -0.4 is 10.6 Å². The Hall–Kier alpha value is -3.76. The minimum absolute atomic E-state index is 0.0341. The lowest BCUT2D eigenvalue weighted by Gasteiger charge is -2.29. The maximum absolute atomic E-state index is 11.8. The number of anilines is 1. The molecule has 182 valence electrons. The van der Waals surface area contributed by atoms with E-state index in [1.54, 1.807) is 4.68 Å². The predicted molar refractivity (Wildman–Crippen MR) is 132 cm³/mol. The summed E-state index contributed by atoms with van der Waals surface area (Å²) in [6.45, 7) is 4.83. The van der Waals surface area contributed by atoms with Gasteiger partial charge in [0.15, 0.2) is 11.5 Å². The molecule has 0 radical (unpaired) electrons. The number of rotatable bonds is 6. The molecule has 10 heteroatoms. The van der Waals surface area contributed by atoms with E-state index in [1.165, 1.54) is 12.7 Å². The van der Waals surface area contributed by atoms with E-state index in [4.69, 9.17) is 30.3 Å². The van der Waals surface area contributed by atoms with Gasteiger partial charge in [-0.1, -0.05) is 23.8 Å². The highest BCUT2D eigenvalue weighted by Crippen LogP contribution is 2.31. The molecule has 1 aromatic carbocycles. The molecule has 1 saturated heterocycles. The monoisotopic (exact) mass is 475 g/mol. The first-order valence-electron chi connectivity index (χ1n) is 11.6. The predicted octanol–water partition coefficient (Wildman–Crippen LogP) is 2.53. The molecular formula is C25H29N7O3. The number of morpholine rings is 1. The Bertz CT molecular complexity index is 1370. The summed E-state index contributed by atoms with van der Waals surface area (Å²) in [5, 5.41) is 4.80. The Kier molecular flexibility index (Phi) is 6.23. The molecule has 1 fully saturated rings. The average molecular weight is 476 g/mol. The highest BCUT2D eigenvalue weighted by atomic mass is 16.5. The molecule has 4 aromatic rings. The summed E-state index contributed by atoms with van der Waals surface area (Å²) in [5.74, 6) is 0.867. The van der Waals surface area contributed by atoms with Gasteiger partial charge in [0.1, 0.15) is 11.3 Å². The minimum Gasteiger partial charge on any atom is -0.469 e. The fraction of sp³-hybridized carbons (Fsp3) is 0.360. The summed E-state index contributed by atoms with van der Waals surface area (Å²) >= 11 is 0. The van der Waals surface area contributed by atoms with Gasteiger partial charge >= 0.3 is 5.97 Å². The van der Waals surface area contributed by atoms with E-state index < -0.39 is 6.04 Å². The van der Waals surface area contributed by atoms with Gasteiger partial charge in [0.05, 0.1) is 44.2 Å². The van der Waals surface area contributed by atoms with E-state index >= 15 is 0 Å². The molecule has 2 N–H and O–H groups in total. The standard InChI is InChI=1S/C25H29N7O3/c1-16-5-4-6-17(13-16)19-7-8-32(29-19)21-15-20(31-9-11-35-12-10-31)23-25(27-21)30(2)24(28-23)18(26)14-22(33)34-3/h4-8,13,15,18H,9-12,14,26H2,1-3H3/t18-/m0/s1. The quantitative estimate of drug-likeness (QED) is 0.423. The number of esters is 1. The molecule has 4 heterocycles. The van der Waals surface area contributed by atoms with Gasteiger partial charge in [-0.05, 0) is 19.1 Å². The number of aryl methyl sites for hydroxylation is 2. The molecule has 1 aliphatic rings. The molecule has 0 saturated carbocycles. The van der Waals surface area contributed by atoms with Gasteiger partial charge in [-0.15, -0.1) is 0 Å². The van der Waals surface area contributed by atoms with Crippen LogP contribution in [0.15, 0.2) is 42.6 Å². The molecule has 0 bridgehead atoms. The molecule has 10 nitrogen and oxygen atoms in total. The summed E-state index contributed by atoms with van der Waals surface area (Å²) < 4.78 is 14.0. The SMILES string of the molecule is COC(=O)C[C@H](N)c1nc2c(N3CCOCC3)cc(-n3ccc(-c4cccc(C)c4)n3)nc2n1C. The lowest BCUT2D eigenvalue weighted by molar-refractivity contribution is -0.141. The molecule has 0 amide bonds. The lowest BCUT2D eigenvalue weighted by atomic mass is 10.1. The van der Waals surface area contributed by atoms with E-state index in [0.29, 0.717) is 30.5 Å². The van der Waals surface area contributed by atoms with Crippen molar-refractivity contribution in [3.8, 4) is 17.1 Å². The molecular weight excluding hydrogens is 446 g/mol. The molecule has 1 aliphatic heterocycles. The largest absolute Gasteiger partial charge is 0.469 e. The Balaban J connectivity index is 1.61. The second-order valence-corrected chi connectivity index (χ2v) is 8.70. The van der Waals surface area contributed by atoms with Crippen molar-refractivity contribution in [2.24, 2.45) is 12.8 Å². The van der Waals surface area contributed by atoms with Crippen LogP contribution in [0.25, 0.3) is 28.2 Å². The highest BCUT2D eigenvalue weighted by Gasteiger charge is 2.24. The number of pyridine rings is 1. The maximum atomic E-state index is 11.8. The van der Waals surface area contributed by atoms with Crippen LogP contribution in [-0.2, 0) is 21.3 Å². The summed E-state index contributed by atoms with van der Waals surface area (Å²) in [7, 11) is 3.21. The number of methoxy groups -OCH3 is 1. The third kappa shape index (κ3) is 4.50. The van der Waals surface area contributed by atoms with Crippen molar-refractivity contribution in [3.63, 3.8) is 0 Å². The van der Waals surface area contributed by atoms with Crippen LogP contribution in [0.2, 0.25) is 0 Å². The van der Waals surface area contributed by atoms with Crippen LogP contribution in [0.5, 0.6) is 0 Å². The summed E-state index contributed by atoms with van der Waals surface area (Å²) in [5.41, 5.74) is 11.8. The number of nitrogens with two attached hydrogens (primary N) is 1. The molecule has 0 aliphatic carbocycles. The van der Waals surface area contributed by atoms with Crippen LogP contribution in [0.4, 0.5) is 5.69 Å². The van der Waals surface area contributed by atoms with Crippen molar-refractivity contribution < 1.29 is 14.3 Å². The number of imidazole rings is 1. The Labute approximate surface area is 203 Å².